The van der Waals surface area contributed by atoms with Gasteiger partial charge in [-0.05, 0) is 43.9 Å². The molecule has 0 unspecified atom stereocenters. The SMILES string of the molecule is Cc1noc([C@H](C)N2CCN([C@@H]3CCc4c(F)cc(F)cc43)CC2)n1. The largest absolute Gasteiger partial charge is 0.338 e. The van der Waals surface area contributed by atoms with E-state index in [-0.39, 0.29) is 12.1 Å². The van der Waals surface area contributed by atoms with Gasteiger partial charge in [-0.25, -0.2) is 8.78 Å². The molecule has 0 N–H and O–H groups in total. The third kappa shape index (κ3) is 3.06. The predicted molar refractivity (Wildman–Crippen MR) is 88.0 cm³/mol. The van der Waals surface area contributed by atoms with Crippen LogP contribution in [0.15, 0.2) is 16.7 Å². The van der Waals surface area contributed by atoms with Gasteiger partial charge in [-0.1, -0.05) is 5.16 Å². The van der Waals surface area contributed by atoms with Crippen LogP contribution >= 0.6 is 0 Å². The lowest BCUT2D eigenvalue weighted by Gasteiger charge is -2.39. The summed E-state index contributed by atoms with van der Waals surface area (Å²) in [7, 11) is 0. The van der Waals surface area contributed by atoms with Gasteiger partial charge in [0.15, 0.2) is 5.82 Å². The van der Waals surface area contributed by atoms with Gasteiger partial charge in [-0.15, -0.1) is 0 Å². The summed E-state index contributed by atoms with van der Waals surface area (Å²) in [5, 5.41) is 3.86. The molecule has 0 radical (unpaired) electrons. The fraction of sp³-hybridized carbons (Fsp3) is 0.556. The summed E-state index contributed by atoms with van der Waals surface area (Å²) in [4.78, 5) is 8.97. The lowest BCUT2D eigenvalue weighted by atomic mass is 10.0. The van der Waals surface area contributed by atoms with Crippen molar-refractivity contribution in [1.29, 1.82) is 0 Å². The van der Waals surface area contributed by atoms with Gasteiger partial charge in [0, 0.05) is 38.3 Å². The zero-order valence-electron chi connectivity index (χ0n) is 14.5. The molecule has 7 heteroatoms. The molecule has 1 aromatic carbocycles. The maximum absolute atomic E-state index is 14.0. The second kappa shape index (κ2) is 6.46. The summed E-state index contributed by atoms with van der Waals surface area (Å²) < 4.78 is 32.9. The number of aryl methyl sites for hydroxylation is 1. The number of nitrogens with zero attached hydrogens (tertiary/aromatic N) is 4. The molecule has 0 spiro atoms. The van der Waals surface area contributed by atoms with Gasteiger partial charge in [-0.3, -0.25) is 9.80 Å². The number of halogens is 2. The highest BCUT2D eigenvalue weighted by molar-refractivity contribution is 5.36. The van der Waals surface area contributed by atoms with Crippen LogP contribution in [0.3, 0.4) is 0 Å². The molecular weight excluding hydrogens is 326 g/mol. The Morgan fingerprint density at radius 3 is 2.64 bits per heavy atom. The zero-order valence-corrected chi connectivity index (χ0v) is 14.5. The molecule has 0 bridgehead atoms. The molecule has 1 saturated heterocycles. The average Bonchev–Trinajstić information content (AvgIpc) is 3.21. The second-order valence-corrected chi connectivity index (χ2v) is 6.94. The van der Waals surface area contributed by atoms with Gasteiger partial charge in [0.2, 0.25) is 5.89 Å². The van der Waals surface area contributed by atoms with Crippen LogP contribution in [-0.4, -0.2) is 46.1 Å². The molecule has 2 aromatic rings. The predicted octanol–water partition coefficient (Wildman–Crippen LogP) is 3.02. The van der Waals surface area contributed by atoms with Crippen LogP contribution in [0.5, 0.6) is 0 Å². The Morgan fingerprint density at radius 2 is 1.96 bits per heavy atom. The number of benzene rings is 1. The van der Waals surface area contributed by atoms with Crippen molar-refractivity contribution >= 4 is 0 Å². The van der Waals surface area contributed by atoms with E-state index in [9.17, 15) is 8.78 Å². The van der Waals surface area contributed by atoms with E-state index < -0.39 is 11.6 Å². The summed E-state index contributed by atoms with van der Waals surface area (Å²) in [6.45, 7) is 7.34. The van der Waals surface area contributed by atoms with E-state index in [1.807, 2.05) is 6.92 Å². The standard InChI is InChI=1S/C18H22F2N4O/c1-11(18-21-12(2)22-25-18)23-5-7-24(8-6-23)17-4-3-14-15(17)9-13(19)10-16(14)20/h9-11,17H,3-8H2,1-2H3/t11-,17+/m0/s1. The molecule has 25 heavy (non-hydrogen) atoms. The molecule has 2 heterocycles. The number of aromatic nitrogens is 2. The molecule has 2 atom stereocenters. The van der Waals surface area contributed by atoms with Crippen molar-refractivity contribution in [3.63, 3.8) is 0 Å². The summed E-state index contributed by atoms with van der Waals surface area (Å²) in [5.74, 6) is 0.395. The highest BCUT2D eigenvalue weighted by Gasteiger charge is 2.34. The molecule has 1 aliphatic heterocycles. The van der Waals surface area contributed by atoms with Crippen molar-refractivity contribution in [1.82, 2.24) is 19.9 Å². The van der Waals surface area contributed by atoms with E-state index >= 15 is 0 Å². The molecule has 134 valence electrons. The highest BCUT2D eigenvalue weighted by atomic mass is 19.1. The van der Waals surface area contributed by atoms with E-state index in [2.05, 4.69) is 26.9 Å². The van der Waals surface area contributed by atoms with Gasteiger partial charge in [0.25, 0.3) is 0 Å². The highest BCUT2D eigenvalue weighted by Crippen LogP contribution is 2.38. The Morgan fingerprint density at radius 1 is 1.20 bits per heavy atom. The lowest BCUT2D eigenvalue weighted by molar-refractivity contribution is 0.0634. The molecule has 5 nitrogen and oxygen atoms in total. The van der Waals surface area contributed by atoms with Gasteiger partial charge in [0.1, 0.15) is 11.6 Å². The molecule has 2 aliphatic rings. The van der Waals surface area contributed by atoms with Crippen LogP contribution in [0.1, 0.15) is 48.3 Å². The van der Waals surface area contributed by atoms with E-state index in [1.165, 1.54) is 6.07 Å². The number of hydrogen-bond acceptors (Lipinski definition) is 5. The van der Waals surface area contributed by atoms with Crippen molar-refractivity contribution in [3.05, 3.63) is 46.6 Å². The number of piperazine rings is 1. The van der Waals surface area contributed by atoms with E-state index in [1.54, 1.807) is 0 Å². The number of hydrogen-bond donors (Lipinski definition) is 0. The van der Waals surface area contributed by atoms with E-state index in [0.717, 1.165) is 44.2 Å². The second-order valence-electron chi connectivity index (χ2n) is 6.94. The molecule has 0 amide bonds. The Bertz CT molecular complexity index is 770. The van der Waals surface area contributed by atoms with Crippen molar-refractivity contribution in [2.45, 2.75) is 38.8 Å². The van der Waals surface area contributed by atoms with E-state index in [0.29, 0.717) is 23.7 Å². The Balaban J connectivity index is 1.44. The summed E-state index contributed by atoms with van der Waals surface area (Å²) in [6, 6.07) is 2.69. The van der Waals surface area contributed by atoms with Gasteiger partial charge < -0.3 is 4.52 Å². The normalized spacial score (nSPS) is 23.0. The summed E-state index contributed by atoms with van der Waals surface area (Å²) in [6.07, 6.45) is 1.54. The third-order valence-corrected chi connectivity index (χ3v) is 5.46. The van der Waals surface area contributed by atoms with Crippen LogP contribution in [0.4, 0.5) is 8.78 Å². The molecule has 1 aromatic heterocycles. The fourth-order valence-electron chi connectivity index (χ4n) is 4.08. The molecule has 4 rings (SSSR count). The molecule has 1 fully saturated rings. The number of fused-ring (bicyclic) bond motifs is 1. The summed E-state index contributed by atoms with van der Waals surface area (Å²) in [5.41, 5.74) is 1.51. The number of rotatable bonds is 3. The quantitative estimate of drug-likeness (QED) is 0.853. The van der Waals surface area contributed by atoms with Gasteiger partial charge in [0.05, 0.1) is 6.04 Å². The first kappa shape index (κ1) is 16.6. The first-order chi connectivity index (χ1) is 12.0. The Kier molecular flexibility index (Phi) is 4.29. The Labute approximate surface area is 145 Å². The van der Waals surface area contributed by atoms with Crippen molar-refractivity contribution in [2.75, 3.05) is 26.2 Å². The topological polar surface area (TPSA) is 45.4 Å². The minimum atomic E-state index is -0.484. The van der Waals surface area contributed by atoms with Crippen LogP contribution in [0.2, 0.25) is 0 Å². The third-order valence-electron chi connectivity index (χ3n) is 5.46. The van der Waals surface area contributed by atoms with Crippen LogP contribution in [0.25, 0.3) is 0 Å². The Hall–Kier alpha value is -1.86. The summed E-state index contributed by atoms with van der Waals surface area (Å²) >= 11 is 0. The smallest absolute Gasteiger partial charge is 0.243 e. The molecule has 0 saturated carbocycles. The first-order valence-corrected chi connectivity index (χ1v) is 8.79. The van der Waals surface area contributed by atoms with Crippen molar-refractivity contribution < 1.29 is 13.3 Å². The minimum Gasteiger partial charge on any atom is -0.338 e. The lowest BCUT2D eigenvalue weighted by Crippen LogP contribution is -2.48. The van der Waals surface area contributed by atoms with Gasteiger partial charge >= 0.3 is 0 Å². The first-order valence-electron chi connectivity index (χ1n) is 8.79. The van der Waals surface area contributed by atoms with Crippen LogP contribution in [0, 0.1) is 18.6 Å². The monoisotopic (exact) mass is 348 g/mol. The van der Waals surface area contributed by atoms with Crippen LogP contribution < -0.4 is 0 Å². The van der Waals surface area contributed by atoms with Crippen molar-refractivity contribution in [3.8, 4) is 0 Å². The average molecular weight is 348 g/mol. The maximum Gasteiger partial charge on any atom is 0.243 e. The molecular formula is C18H22F2N4O. The fourth-order valence-corrected chi connectivity index (χ4v) is 4.08. The molecule has 1 aliphatic carbocycles. The van der Waals surface area contributed by atoms with Gasteiger partial charge in [-0.2, -0.15) is 4.98 Å². The van der Waals surface area contributed by atoms with Crippen LogP contribution in [-0.2, 0) is 6.42 Å². The maximum atomic E-state index is 14.0. The minimum absolute atomic E-state index is 0.0779. The van der Waals surface area contributed by atoms with E-state index in [4.69, 9.17) is 4.52 Å². The zero-order chi connectivity index (χ0) is 17.6. The van der Waals surface area contributed by atoms with Crippen molar-refractivity contribution in [2.24, 2.45) is 0 Å².